The molecule has 0 saturated carbocycles. The second-order valence-corrected chi connectivity index (χ2v) is 6.88. The van der Waals surface area contributed by atoms with Gasteiger partial charge in [-0.05, 0) is 36.1 Å². The van der Waals surface area contributed by atoms with Gasteiger partial charge in [0.2, 0.25) is 11.1 Å². The van der Waals surface area contributed by atoms with Crippen LogP contribution in [-0.4, -0.2) is 26.8 Å². The average Bonchev–Trinajstić information content (AvgIpc) is 3.15. The van der Waals surface area contributed by atoms with Gasteiger partial charge in [-0.3, -0.25) is 9.89 Å². The Balaban J connectivity index is 1.65. The molecule has 0 atom stereocenters. The zero-order valence-corrected chi connectivity index (χ0v) is 16.1. The highest BCUT2D eigenvalue weighted by atomic mass is 32.2. The van der Waals surface area contributed by atoms with Crippen LogP contribution in [0.25, 0.3) is 11.4 Å². The van der Waals surface area contributed by atoms with Gasteiger partial charge in [0.25, 0.3) is 0 Å². The smallest absolute Gasteiger partial charge is 0.234 e. The van der Waals surface area contributed by atoms with Crippen molar-refractivity contribution in [1.29, 1.82) is 0 Å². The number of carbonyl (C=O) groups is 1. The van der Waals surface area contributed by atoms with Gasteiger partial charge in [-0.25, -0.2) is 9.37 Å². The average molecular weight is 384 g/mol. The van der Waals surface area contributed by atoms with Crippen molar-refractivity contribution in [2.75, 3.05) is 11.1 Å². The molecule has 5 nitrogen and oxygen atoms in total. The molecule has 0 aliphatic rings. The molecule has 1 amide bonds. The van der Waals surface area contributed by atoms with Crippen LogP contribution in [0.2, 0.25) is 0 Å². The lowest BCUT2D eigenvalue weighted by Crippen LogP contribution is -2.16. The fraction of sp³-hybridized carbons (Fsp3) is 0.250. The maximum absolute atomic E-state index is 13.8. The molecule has 0 aliphatic heterocycles. The molecule has 27 heavy (non-hydrogen) atoms. The molecule has 1 aromatic heterocycles. The first-order valence-electron chi connectivity index (χ1n) is 8.83. The van der Waals surface area contributed by atoms with E-state index in [1.165, 1.54) is 17.8 Å². The molecular weight excluding hydrogens is 363 g/mol. The van der Waals surface area contributed by atoms with Crippen molar-refractivity contribution < 1.29 is 9.18 Å². The fourth-order valence-electron chi connectivity index (χ4n) is 2.79. The Morgan fingerprint density at radius 1 is 1.11 bits per heavy atom. The molecule has 0 unspecified atom stereocenters. The summed E-state index contributed by atoms with van der Waals surface area (Å²) in [6.45, 7) is 4.13. The number of hydrogen-bond acceptors (Lipinski definition) is 4. The van der Waals surface area contributed by atoms with Gasteiger partial charge in [0.1, 0.15) is 5.82 Å². The van der Waals surface area contributed by atoms with Crippen LogP contribution < -0.4 is 5.32 Å². The summed E-state index contributed by atoms with van der Waals surface area (Å²) in [7, 11) is 0. The summed E-state index contributed by atoms with van der Waals surface area (Å²) in [6.07, 6.45) is 1.70. The van der Waals surface area contributed by atoms with Gasteiger partial charge in [-0.15, -0.1) is 5.10 Å². The van der Waals surface area contributed by atoms with Crippen LogP contribution in [0.1, 0.15) is 25.0 Å². The lowest BCUT2D eigenvalue weighted by molar-refractivity contribution is -0.113. The number of thioether (sulfide) groups is 1. The van der Waals surface area contributed by atoms with E-state index in [2.05, 4.69) is 34.3 Å². The van der Waals surface area contributed by atoms with E-state index in [0.717, 1.165) is 29.7 Å². The summed E-state index contributed by atoms with van der Waals surface area (Å²) in [5.41, 5.74) is 3.49. The van der Waals surface area contributed by atoms with Crippen molar-refractivity contribution in [3.05, 3.63) is 59.4 Å². The third-order valence-corrected chi connectivity index (χ3v) is 5.04. The number of aromatic amines is 1. The predicted octanol–water partition coefficient (Wildman–Crippen LogP) is 4.47. The number of anilines is 1. The number of rotatable bonds is 7. The van der Waals surface area contributed by atoms with Crippen molar-refractivity contribution in [2.45, 2.75) is 31.8 Å². The number of amides is 1. The third kappa shape index (κ3) is 4.54. The van der Waals surface area contributed by atoms with Crippen molar-refractivity contribution in [3.63, 3.8) is 0 Å². The number of nitrogens with zero attached hydrogens (tertiary/aromatic N) is 2. The van der Waals surface area contributed by atoms with Gasteiger partial charge < -0.3 is 5.32 Å². The number of aryl methyl sites for hydroxylation is 2. The van der Waals surface area contributed by atoms with Gasteiger partial charge in [-0.1, -0.05) is 55.9 Å². The van der Waals surface area contributed by atoms with E-state index in [4.69, 9.17) is 0 Å². The van der Waals surface area contributed by atoms with Crippen molar-refractivity contribution in [2.24, 2.45) is 0 Å². The minimum absolute atomic E-state index is 0.118. The van der Waals surface area contributed by atoms with E-state index >= 15 is 0 Å². The zero-order valence-electron chi connectivity index (χ0n) is 15.3. The molecule has 7 heteroatoms. The van der Waals surface area contributed by atoms with Crippen molar-refractivity contribution in [3.8, 4) is 11.4 Å². The number of para-hydroxylation sites is 1. The number of benzene rings is 2. The molecular formula is C20H21FN4OS. The molecule has 0 radical (unpaired) electrons. The zero-order chi connectivity index (χ0) is 19.2. The molecule has 2 N–H and O–H groups in total. The number of carbonyl (C=O) groups excluding carboxylic acids is 1. The molecule has 140 valence electrons. The van der Waals surface area contributed by atoms with E-state index in [0.29, 0.717) is 16.5 Å². The number of aromatic nitrogens is 3. The van der Waals surface area contributed by atoms with E-state index in [-0.39, 0.29) is 17.5 Å². The van der Waals surface area contributed by atoms with Gasteiger partial charge in [-0.2, -0.15) is 0 Å². The Labute approximate surface area is 161 Å². The maximum atomic E-state index is 13.8. The van der Waals surface area contributed by atoms with E-state index < -0.39 is 0 Å². The fourth-order valence-corrected chi connectivity index (χ4v) is 3.39. The summed E-state index contributed by atoms with van der Waals surface area (Å²) in [5, 5.41) is 10.2. The van der Waals surface area contributed by atoms with E-state index in [1.54, 1.807) is 18.2 Å². The molecule has 0 bridgehead atoms. The molecule has 0 fully saturated rings. The third-order valence-electron chi connectivity index (χ3n) is 4.19. The minimum atomic E-state index is -0.369. The first kappa shape index (κ1) is 19.1. The van der Waals surface area contributed by atoms with Gasteiger partial charge >= 0.3 is 0 Å². The van der Waals surface area contributed by atoms with Gasteiger partial charge in [0.05, 0.1) is 11.3 Å². The molecule has 0 aliphatic carbocycles. The van der Waals surface area contributed by atoms with Crippen LogP contribution in [-0.2, 0) is 17.6 Å². The number of H-pyrrole nitrogens is 1. The summed E-state index contributed by atoms with van der Waals surface area (Å²) in [6, 6.07) is 12.4. The first-order chi connectivity index (χ1) is 13.1. The summed E-state index contributed by atoms with van der Waals surface area (Å²) < 4.78 is 13.8. The van der Waals surface area contributed by atoms with Crippen LogP contribution in [0.4, 0.5) is 10.1 Å². The molecule has 1 heterocycles. The van der Waals surface area contributed by atoms with E-state index in [1.807, 2.05) is 18.2 Å². The number of halogens is 1. The van der Waals surface area contributed by atoms with Crippen LogP contribution in [0.5, 0.6) is 0 Å². The Bertz CT molecular complexity index is 919. The number of hydrogen-bond donors (Lipinski definition) is 2. The Morgan fingerprint density at radius 3 is 2.48 bits per heavy atom. The Hall–Kier alpha value is -2.67. The van der Waals surface area contributed by atoms with Crippen LogP contribution in [0, 0.1) is 5.82 Å². The maximum Gasteiger partial charge on any atom is 0.234 e. The lowest BCUT2D eigenvalue weighted by atomic mass is 10.0. The standard InChI is InChI=1S/C20H21FN4OS/c1-3-13-8-7-9-14(4-2)18(13)22-17(26)12-27-20-23-19(24-25-20)15-10-5-6-11-16(15)21/h5-11H,3-4,12H2,1-2H3,(H,22,26)(H,23,24,25). The number of nitrogens with one attached hydrogen (secondary N) is 2. The quantitative estimate of drug-likeness (QED) is 0.590. The minimum Gasteiger partial charge on any atom is -0.325 e. The molecule has 2 aromatic carbocycles. The SMILES string of the molecule is CCc1cccc(CC)c1NC(=O)CSc1n[nH]c(-c2ccccc2F)n1. The van der Waals surface area contributed by atoms with Crippen LogP contribution in [0.15, 0.2) is 47.6 Å². The predicted molar refractivity (Wildman–Crippen MR) is 106 cm³/mol. The normalized spacial score (nSPS) is 10.8. The lowest BCUT2D eigenvalue weighted by Gasteiger charge is -2.14. The van der Waals surface area contributed by atoms with Crippen LogP contribution in [0.3, 0.4) is 0 Å². The molecule has 0 spiro atoms. The Morgan fingerprint density at radius 2 is 1.81 bits per heavy atom. The topological polar surface area (TPSA) is 70.7 Å². The van der Waals surface area contributed by atoms with Gasteiger partial charge in [0, 0.05) is 5.69 Å². The van der Waals surface area contributed by atoms with E-state index in [9.17, 15) is 9.18 Å². The highest BCUT2D eigenvalue weighted by Crippen LogP contribution is 2.24. The largest absolute Gasteiger partial charge is 0.325 e. The van der Waals surface area contributed by atoms with Crippen molar-refractivity contribution in [1.82, 2.24) is 15.2 Å². The first-order valence-corrected chi connectivity index (χ1v) is 9.81. The summed E-state index contributed by atoms with van der Waals surface area (Å²) in [5.74, 6) is 0.0372. The highest BCUT2D eigenvalue weighted by Gasteiger charge is 2.13. The highest BCUT2D eigenvalue weighted by molar-refractivity contribution is 7.99. The second kappa shape index (κ2) is 8.81. The van der Waals surface area contributed by atoms with Crippen molar-refractivity contribution >= 4 is 23.4 Å². The second-order valence-electron chi connectivity index (χ2n) is 5.94. The monoisotopic (exact) mass is 384 g/mol. The molecule has 3 rings (SSSR count). The molecule has 0 saturated heterocycles. The van der Waals surface area contributed by atoms with Crippen LogP contribution >= 0.6 is 11.8 Å². The molecule has 3 aromatic rings. The Kier molecular flexibility index (Phi) is 6.24. The summed E-state index contributed by atoms with van der Waals surface area (Å²) >= 11 is 1.21. The summed E-state index contributed by atoms with van der Waals surface area (Å²) in [4.78, 5) is 16.7. The van der Waals surface area contributed by atoms with Gasteiger partial charge in [0.15, 0.2) is 5.82 Å².